The van der Waals surface area contributed by atoms with Crippen LogP contribution in [0.5, 0.6) is 0 Å². The number of aromatic nitrogens is 2. The summed E-state index contributed by atoms with van der Waals surface area (Å²) in [7, 11) is 1.88. The molecule has 4 heteroatoms. The van der Waals surface area contributed by atoms with Gasteiger partial charge in [-0.15, -0.1) is 0 Å². The average molecular weight is 200 g/mol. The van der Waals surface area contributed by atoms with E-state index in [1.165, 1.54) is 0 Å². The highest BCUT2D eigenvalue weighted by atomic mass is 15.0. The van der Waals surface area contributed by atoms with Gasteiger partial charge in [0.25, 0.3) is 0 Å². The lowest BCUT2D eigenvalue weighted by Crippen LogP contribution is -1.97. The van der Waals surface area contributed by atoms with Crippen molar-refractivity contribution in [2.75, 3.05) is 18.1 Å². The normalized spacial score (nSPS) is 9.93. The number of nitrogens with one attached hydrogen (secondary N) is 1. The molecule has 0 aliphatic heterocycles. The van der Waals surface area contributed by atoms with Crippen LogP contribution in [-0.4, -0.2) is 17.0 Å². The molecular weight excluding hydrogens is 188 g/mol. The van der Waals surface area contributed by atoms with E-state index < -0.39 is 0 Å². The Bertz CT molecular complexity index is 468. The summed E-state index contributed by atoms with van der Waals surface area (Å²) in [6.45, 7) is 0. The summed E-state index contributed by atoms with van der Waals surface area (Å²) in [6, 6.07) is 9.77. The van der Waals surface area contributed by atoms with Gasteiger partial charge in [0.15, 0.2) is 0 Å². The summed E-state index contributed by atoms with van der Waals surface area (Å²) < 4.78 is 0. The van der Waals surface area contributed by atoms with Gasteiger partial charge in [-0.3, -0.25) is 0 Å². The molecular formula is C11H12N4. The number of nitrogens with zero attached hydrogens (tertiary/aromatic N) is 2. The summed E-state index contributed by atoms with van der Waals surface area (Å²) in [5, 5.41) is 3.11. The highest BCUT2D eigenvalue weighted by Crippen LogP contribution is 2.25. The van der Waals surface area contributed by atoms with E-state index in [9.17, 15) is 0 Å². The molecule has 0 unspecified atom stereocenters. The van der Waals surface area contributed by atoms with Crippen molar-refractivity contribution in [1.82, 2.24) is 9.97 Å². The molecule has 2 rings (SSSR count). The number of para-hydroxylation sites is 1. The van der Waals surface area contributed by atoms with Crippen molar-refractivity contribution in [2.24, 2.45) is 0 Å². The van der Waals surface area contributed by atoms with Crippen LogP contribution in [0.15, 0.2) is 36.5 Å². The number of hydrogen-bond donors (Lipinski definition) is 2. The summed E-state index contributed by atoms with van der Waals surface area (Å²) in [5.74, 6) is 0.290. The quantitative estimate of drug-likeness (QED) is 0.775. The lowest BCUT2D eigenvalue weighted by Gasteiger charge is -2.07. The number of rotatable bonds is 2. The van der Waals surface area contributed by atoms with Crippen molar-refractivity contribution < 1.29 is 0 Å². The largest absolute Gasteiger partial charge is 0.388 e. The maximum Gasteiger partial charge on any atom is 0.220 e. The van der Waals surface area contributed by atoms with Gasteiger partial charge in [-0.1, -0.05) is 18.2 Å². The second-order valence-electron chi connectivity index (χ2n) is 3.10. The van der Waals surface area contributed by atoms with Crippen LogP contribution in [0.2, 0.25) is 0 Å². The van der Waals surface area contributed by atoms with Crippen LogP contribution in [0.25, 0.3) is 11.3 Å². The fraction of sp³-hybridized carbons (Fsp3) is 0.0909. The smallest absolute Gasteiger partial charge is 0.220 e. The van der Waals surface area contributed by atoms with Crippen molar-refractivity contribution in [3.05, 3.63) is 36.5 Å². The summed E-state index contributed by atoms with van der Waals surface area (Å²) >= 11 is 0. The molecule has 1 aromatic carbocycles. The topological polar surface area (TPSA) is 63.8 Å². The molecule has 0 fully saturated rings. The minimum atomic E-state index is 0.290. The van der Waals surface area contributed by atoms with E-state index >= 15 is 0 Å². The Morgan fingerprint density at radius 1 is 1.20 bits per heavy atom. The number of anilines is 2. The Balaban J connectivity index is 2.53. The summed E-state index contributed by atoms with van der Waals surface area (Å²) in [5.41, 5.74) is 8.42. The van der Waals surface area contributed by atoms with Gasteiger partial charge in [0.2, 0.25) is 5.95 Å². The van der Waals surface area contributed by atoms with Gasteiger partial charge < -0.3 is 11.1 Å². The Labute approximate surface area is 88.2 Å². The van der Waals surface area contributed by atoms with E-state index in [2.05, 4.69) is 15.3 Å². The van der Waals surface area contributed by atoms with Gasteiger partial charge >= 0.3 is 0 Å². The molecule has 0 radical (unpaired) electrons. The van der Waals surface area contributed by atoms with Gasteiger partial charge in [0.05, 0.1) is 5.69 Å². The minimum absolute atomic E-state index is 0.290. The van der Waals surface area contributed by atoms with Gasteiger partial charge in [0, 0.05) is 24.5 Å². The summed E-state index contributed by atoms with van der Waals surface area (Å²) in [4.78, 5) is 8.05. The molecule has 76 valence electrons. The van der Waals surface area contributed by atoms with Crippen LogP contribution in [0.3, 0.4) is 0 Å². The highest BCUT2D eigenvalue weighted by molar-refractivity contribution is 5.75. The molecule has 0 saturated carbocycles. The predicted molar refractivity (Wildman–Crippen MR) is 61.4 cm³/mol. The van der Waals surface area contributed by atoms with E-state index in [1.54, 1.807) is 6.20 Å². The molecule has 0 aliphatic rings. The Morgan fingerprint density at radius 3 is 2.73 bits per heavy atom. The van der Waals surface area contributed by atoms with Crippen molar-refractivity contribution in [1.29, 1.82) is 0 Å². The first-order valence-electron chi connectivity index (χ1n) is 4.67. The molecule has 1 heterocycles. The predicted octanol–water partition coefficient (Wildman–Crippen LogP) is 1.77. The molecule has 0 saturated heterocycles. The molecule has 0 amide bonds. The third-order valence-electron chi connectivity index (χ3n) is 2.15. The number of benzene rings is 1. The van der Waals surface area contributed by atoms with Crippen molar-refractivity contribution in [3.63, 3.8) is 0 Å². The van der Waals surface area contributed by atoms with E-state index in [-0.39, 0.29) is 0 Å². The molecule has 4 nitrogen and oxygen atoms in total. The number of hydrogen-bond acceptors (Lipinski definition) is 4. The van der Waals surface area contributed by atoms with Crippen molar-refractivity contribution in [3.8, 4) is 11.3 Å². The molecule has 0 bridgehead atoms. The molecule has 1 aromatic heterocycles. The molecule has 3 N–H and O–H groups in total. The van der Waals surface area contributed by atoms with E-state index in [4.69, 9.17) is 5.73 Å². The average Bonchev–Trinajstić information content (AvgIpc) is 2.29. The van der Waals surface area contributed by atoms with Gasteiger partial charge in [-0.05, 0) is 12.1 Å². The van der Waals surface area contributed by atoms with Crippen LogP contribution in [0.1, 0.15) is 0 Å². The maximum absolute atomic E-state index is 5.54. The zero-order valence-electron chi connectivity index (χ0n) is 8.44. The van der Waals surface area contributed by atoms with Crippen LogP contribution >= 0.6 is 0 Å². The molecule has 2 aromatic rings. The van der Waals surface area contributed by atoms with Crippen molar-refractivity contribution in [2.45, 2.75) is 0 Å². The van der Waals surface area contributed by atoms with Crippen molar-refractivity contribution >= 4 is 11.6 Å². The lowest BCUT2D eigenvalue weighted by molar-refractivity contribution is 1.19. The molecule has 15 heavy (non-hydrogen) atoms. The first-order chi connectivity index (χ1) is 7.31. The molecule has 0 spiro atoms. The second kappa shape index (κ2) is 3.96. The van der Waals surface area contributed by atoms with Gasteiger partial charge in [-0.25, -0.2) is 9.97 Å². The monoisotopic (exact) mass is 200 g/mol. The Kier molecular flexibility index (Phi) is 2.49. The fourth-order valence-electron chi connectivity index (χ4n) is 1.45. The zero-order chi connectivity index (χ0) is 10.7. The minimum Gasteiger partial charge on any atom is -0.388 e. The number of nitrogens with two attached hydrogens (primary N) is 1. The standard InChI is InChI=1S/C11H12N4/c1-13-9-5-3-2-4-8(9)10-6-7-14-11(12)15-10/h2-7,13H,1H3,(H2,12,14,15). The van der Waals surface area contributed by atoms with E-state index in [1.807, 2.05) is 37.4 Å². The Morgan fingerprint density at radius 2 is 2.00 bits per heavy atom. The van der Waals surface area contributed by atoms with Crippen LogP contribution in [0.4, 0.5) is 11.6 Å². The summed E-state index contributed by atoms with van der Waals surface area (Å²) in [6.07, 6.45) is 1.66. The number of nitrogen functional groups attached to an aromatic ring is 1. The first-order valence-corrected chi connectivity index (χ1v) is 4.67. The highest BCUT2D eigenvalue weighted by Gasteiger charge is 2.04. The van der Waals surface area contributed by atoms with Crippen LogP contribution < -0.4 is 11.1 Å². The third kappa shape index (κ3) is 1.88. The maximum atomic E-state index is 5.54. The van der Waals surface area contributed by atoms with Crippen LogP contribution in [0, 0.1) is 0 Å². The molecule has 0 atom stereocenters. The first kappa shape index (κ1) is 9.45. The van der Waals surface area contributed by atoms with Gasteiger partial charge in [0.1, 0.15) is 0 Å². The van der Waals surface area contributed by atoms with Crippen LogP contribution in [-0.2, 0) is 0 Å². The third-order valence-corrected chi connectivity index (χ3v) is 2.15. The Hall–Kier alpha value is -2.10. The fourth-order valence-corrected chi connectivity index (χ4v) is 1.45. The van der Waals surface area contributed by atoms with E-state index in [0.29, 0.717) is 5.95 Å². The SMILES string of the molecule is CNc1ccccc1-c1ccnc(N)n1. The van der Waals surface area contributed by atoms with E-state index in [0.717, 1.165) is 16.9 Å². The van der Waals surface area contributed by atoms with Gasteiger partial charge in [-0.2, -0.15) is 0 Å². The molecule has 0 aliphatic carbocycles. The zero-order valence-corrected chi connectivity index (χ0v) is 8.44. The lowest BCUT2D eigenvalue weighted by atomic mass is 10.1. The second-order valence-corrected chi connectivity index (χ2v) is 3.10.